The summed E-state index contributed by atoms with van der Waals surface area (Å²) in [6.45, 7) is 6.23. The molecular formula is C22H36N4O5. The average molecular weight is 437 g/mol. The Morgan fingerprint density at radius 3 is 2.42 bits per heavy atom. The predicted octanol–water partition coefficient (Wildman–Crippen LogP) is 1.99. The van der Waals surface area contributed by atoms with E-state index >= 15 is 0 Å². The molecule has 1 N–H and O–H groups in total. The Hall–Kier alpha value is -2.13. The van der Waals surface area contributed by atoms with E-state index in [1.54, 1.807) is 26.2 Å². The number of amides is 2. The normalized spacial score (nSPS) is 21.2. The van der Waals surface area contributed by atoms with Crippen LogP contribution in [0.1, 0.15) is 51.2 Å². The van der Waals surface area contributed by atoms with Gasteiger partial charge in [0.25, 0.3) is 0 Å². The van der Waals surface area contributed by atoms with Gasteiger partial charge in [-0.3, -0.25) is 9.59 Å². The molecule has 2 saturated heterocycles. The molecule has 0 aliphatic carbocycles. The topological polar surface area (TPSA) is 97.1 Å². The Kier molecular flexibility index (Phi) is 7.94. The monoisotopic (exact) mass is 436 g/mol. The van der Waals surface area contributed by atoms with Crippen molar-refractivity contribution in [3.63, 3.8) is 0 Å². The highest BCUT2D eigenvalue weighted by Gasteiger charge is 2.40. The van der Waals surface area contributed by atoms with Crippen molar-refractivity contribution < 1.29 is 23.6 Å². The van der Waals surface area contributed by atoms with Crippen LogP contribution in [0, 0.1) is 11.8 Å². The summed E-state index contributed by atoms with van der Waals surface area (Å²) in [6.07, 6.45) is 3.20. The van der Waals surface area contributed by atoms with Gasteiger partial charge in [0.15, 0.2) is 17.9 Å². The Labute approximate surface area is 184 Å². The summed E-state index contributed by atoms with van der Waals surface area (Å²) in [5.41, 5.74) is 0. The van der Waals surface area contributed by atoms with Gasteiger partial charge < -0.3 is 29.1 Å². The van der Waals surface area contributed by atoms with Crippen LogP contribution in [-0.2, 0) is 19.1 Å². The molecule has 9 heteroatoms. The highest BCUT2D eigenvalue weighted by atomic mass is 16.7. The van der Waals surface area contributed by atoms with Crippen LogP contribution in [-0.4, -0.2) is 75.1 Å². The van der Waals surface area contributed by atoms with Crippen molar-refractivity contribution in [2.75, 3.05) is 45.8 Å². The van der Waals surface area contributed by atoms with Gasteiger partial charge in [0, 0.05) is 52.9 Å². The maximum atomic E-state index is 13.4. The average Bonchev–Trinajstić information content (AvgIpc) is 3.44. The Balaban J connectivity index is 1.70. The van der Waals surface area contributed by atoms with E-state index in [1.165, 1.54) is 0 Å². The smallest absolute Gasteiger partial charge is 0.242 e. The van der Waals surface area contributed by atoms with Gasteiger partial charge >= 0.3 is 0 Å². The van der Waals surface area contributed by atoms with E-state index in [0.717, 1.165) is 38.2 Å². The fourth-order valence-corrected chi connectivity index (χ4v) is 4.84. The Morgan fingerprint density at radius 2 is 1.84 bits per heavy atom. The summed E-state index contributed by atoms with van der Waals surface area (Å²) in [5, 5.41) is 6.94. The first-order chi connectivity index (χ1) is 14.9. The van der Waals surface area contributed by atoms with Crippen LogP contribution in [0.15, 0.2) is 10.6 Å². The maximum Gasteiger partial charge on any atom is 0.242 e. The number of anilines is 1. The zero-order valence-corrected chi connectivity index (χ0v) is 19.3. The summed E-state index contributed by atoms with van der Waals surface area (Å²) in [6, 6.07) is 1.48. The van der Waals surface area contributed by atoms with Crippen LogP contribution in [0.4, 0.5) is 5.82 Å². The number of ether oxygens (including phenoxy) is 2. The molecule has 0 aromatic carbocycles. The van der Waals surface area contributed by atoms with Crippen molar-refractivity contribution in [2.24, 2.45) is 11.8 Å². The molecular weight excluding hydrogens is 400 g/mol. The van der Waals surface area contributed by atoms with Crippen LogP contribution < -0.4 is 10.2 Å². The fraction of sp³-hybridized carbons (Fsp3) is 0.773. The van der Waals surface area contributed by atoms with Crippen LogP contribution >= 0.6 is 0 Å². The quantitative estimate of drug-likeness (QED) is 0.623. The van der Waals surface area contributed by atoms with Crippen molar-refractivity contribution in [1.82, 2.24) is 15.4 Å². The van der Waals surface area contributed by atoms with Crippen molar-refractivity contribution in [3.8, 4) is 0 Å². The lowest BCUT2D eigenvalue weighted by atomic mass is 9.91. The molecule has 2 atom stereocenters. The van der Waals surface area contributed by atoms with Gasteiger partial charge in [-0.05, 0) is 31.6 Å². The van der Waals surface area contributed by atoms with Gasteiger partial charge in [-0.25, -0.2) is 0 Å². The molecule has 1 aromatic heterocycles. The molecule has 2 aliphatic heterocycles. The zero-order chi connectivity index (χ0) is 22.5. The van der Waals surface area contributed by atoms with Gasteiger partial charge in [0.1, 0.15) is 12.0 Å². The van der Waals surface area contributed by atoms with E-state index in [9.17, 15) is 9.59 Å². The summed E-state index contributed by atoms with van der Waals surface area (Å²) in [7, 11) is 4.95. The van der Waals surface area contributed by atoms with Gasteiger partial charge in [0.2, 0.25) is 11.8 Å². The lowest BCUT2D eigenvalue weighted by molar-refractivity contribution is -0.141. The second kappa shape index (κ2) is 10.5. The lowest BCUT2D eigenvalue weighted by Gasteiger charge is -2.34. The molecule has 0 spiro atoms. The minimum atomic E-state index is -0.463. The number of methoxy groups -OCH3 is 2. The molecule has 2 aliphatic rings. The van der Waals surface area contributed by atoms with E-state index in [2.05, 4.69) is 15.4 Å². The Bertz CT molecular complexity index is 740. The van der Waals surface area contributed by atoms with E-state index in [-0.39, 0.29) is 24.0 Å². The molecule has 2 unspecified atom stereocenters. The Morgan fingerprint density at radius 1 is 1.16 bits per heavy atom. The third-order valence-electron chi connectivity index (χ3n) is 6.55. The minimum absolute atomic E-state index is 0.0224. The molecule has 0 bridgehead atoms. The molecule has 0 saturated carbocycles. The van der Waals surface area contributed by atoms with Crippen LogP contribution in [0.3, 0.4) is 0 Å². The molecule has 174 valence electrons. The number of nitrogens with one attached hydrogen (secondary N) is 1. The number of likely N-dealkylation sites (N-methyl/N-ethyl adjacent to an activating group) is 1. The van der Waals surface area contributed by atoms with Gasteiger partial charge in [-0.1, -0.05) is 19.0 Å². The van der Waals surface area contributed by atoms with E-state index < -0.39 is 12.0 Å². The number of carbonyl (C=O) groups excluding carboxylic acids is 2. The third kappa shape index (κ3) is 5.03. The number of piperidine rings is 1. The summed E-state index contributed by atoms with van der Waals surface area (Å²) >= 11 is 0. The first-order valence-corrected chi connectivity index (χ1v) is 11.2. The van der Waals surface area contributed by atoms with Crippen molar-refractivity contribution >= 4 is 17.6 Å². The predicted molar refractivity (Wildman–Crippen MR) is 116 cm³/mol. The first-order valence-electron chi connectivity index (χ1n) is 11.2. The van der Waals surface area contributed by atoms with E-state index in [1.807, 2.05) is 19.9 Å². The SMILES string of the molecule is CNC(=O)C1CCCN1C(=O)C(c1cc(N2CCC(C(OC)OC)CC2)no1)C(C)C. The largest absolute Gasteiger partial charge is 0.358 e. The van der Waals surface area contributed by atoms with Gasteiger partial charge in [-0.2, -0.15) is 0 Å². The number of carbonyl (C=O) groups is 2. The number of nitrogens with zero attached hydrogens (tertiary/aromatic N) is 3. The van der Waals surface area contributed by atoms with E-state index in [4.69, 9.17) is 14.0 Å². The number of hydrogen-bond acceptors (Lipinski definition) is 7. The molecule has 1 aromatic rings. The molecule has 3 heterocycles. The summed E-state index contributed by atoms with van der Waals surface area (Å²) in [4.78, 5) is 29.5. The second-order valence-electron chi connectivity index (χ2n) is 8.78. The number of rotatable bonds is 8. The maximum absolute atomic E-state index is 13.4. The number of aromatic nitrogens is 1. The standard InChI is InChI=1S/C22H36N4O5/c1-14(2)19(21(28)26-10-6-7-16(26)20(27)23-3)17-13-18(24-31-17)25-11-8-15(9-12-25)22(29-4)30-5/h13-16,19,22H,6-12H2,1-5H3,(H,23,27). The third-order valence-corrected chi connectivity index (χ3v) is 6.55. The lowest BCUT2D eigenvalue weighted by Crippen LogP contribution is -2.47. The van der Waals surface area contributed by atoms with Crippen molar-refractivity contribution in [3.05, 3.63) is 11.8 Å². The molecule has 2 amide bonds. The van der Waals surface area contributed by atoms with Crippen LogP contribution in [0.5, 0.6) is 0 Å². The first kappa shape index (κ1) is 23.5. The molecule has 3 rings (SSSR count). The molecule has 9 nitrogen and oxygen atoms in total. The number of likely N-dealkylation sites (tertiary alicyclic amines) is 1. The summed E-state index contributed by atoms with van der Waals surface area (Å²) in [5.74, 6) is 1.04. The van der Waals surface area contributed by atoms with Crippen molar-refractivity contribution in [1.29, 1.82) is 0 Å². The van der Waals surface area contributed by atoms with Gasteiger partial charge in [-0.15, -0.1) is 0 Å². The highest BCUT2D eigenvalue weighted by Crippen LogP contribution is 2.33. The second-order valence-corrected chi connectivity index (χ2v) is 8.78. The zero-order valence-electron chi connectivity index (χ0n) is 19.3. The van der Waals surface area contributed by atoms with Crippen LogP contribution in [0.2, 0.25) is 0 Å². The highest BCUT2D eigenvalue weighted by molar-refractivity contribution is 5.91. The fourth-order valence-electron chi connectivity index (χ4n) is 4.84. The van der Waals surface area contributed by atoms with Gasteiger partial charge in [0.05, 0.1) is 0 Å². The van der Waals surface area contributed by atoms with Crippen LogP contribution in [0.25, 0.3) is 0 Å². The molecule has 2 fully saturated rings. The van der Waals surface area contributed by atoms with E-state index in [0.29, 0.717) is 24.6 Å². The van der Waals surface area contributed by atoms with Crippen molar-refractivity contribution in [2.45, 2.75) is 57.8 Å². The summed E-state index contributed by atoms with van der Waals surface area (Å²) < 4.78 is 16.5. The molecule has 0 radical (unpaired) electrons. The minimum Gasteiger partial charge on any atom is -0.358 e. The number of hydrogen-bond donors (Lipinski definition) is 1. The molecule has 31 heavy (non-hydrogen) atoms.